The van der Waals surface area contributed by atoms with Gasteiger partial charge in [-0.1, -0.05) is 24.8 Å². The average Bonchev–Trinajstić information content (AvgIpc) is 2.53. The lowest BCUT2D eigenvalue weighted by atomic mass is 10.2. The summed E-state index contributed by atoms with van der Waals surface area (Å²) in [6.45, 7) is 3.97. The minimum Gasteiger partial charge on any atom is -0.487 e. The van der Waals surface area contributed by atoms with Gasteiger partial charge in [0.25, 0.3) is 10.0 Å². The zero-order valence-electron chi connectivity index (χ0n) is 12.3. The first-order valence-corrected chi connectivity index (χ1v) is 9.89. The molecule has 2 aromatic carbocycles. The summed E-state index contributed by atoms with van der Waals surface area (Å²) in [6, 6.07) is 10.2. The van der Waals surface area contributed by atoms with Gasteiger partial charge in [-0.05, 0) is 56.1 Å². The molecule has 0 fully saturated rings. The summed E-state index contributed by atoms with van der Waals surface area (Å²) in [7, 11) is -3.74. The van der Waals surface area contributed by atoms with Crippen LogP contribution in [0.1, 0.15) is 5.56 Å². The summed E-state index contributed by atoms with van der Waals surface area (Å²) < 4.78 is 35.5. The molecule has 0 atom stereocenters. The fourth-order valence-electron chi connectivity index (χ4n) is 2.22. The number of anilines is 1. The van der Waals surface area contributed by atoms with Gasteiger partial charge in [-0.15, -0.1) is 4.40 Å². The number of benzene rings is 2. The van der Waals surface area contributed by atoms with E-state index in [0.29, 0.717) is 32.6 Å². The van der Waals surface area contributed by atoms with Crippen molar-refractivity contribution in [3.63, 3.8) is 0 Å². The Labute approximate surface area is 156 Å². The van der Waals surface area contributed by atoms with E-state index >= 15 is 0 Å². The molecular weight excluding hydrogens is 460 g/mol. The monoisotopic (exact) mass is 470 g/mol. The smallest absolute Gasteiger partial charge is 0.286 e. The second kappa shape index (κ2) is 6.70. The van der Waals surface area contributed by atoms with Crippen LogP contribution < -0.4 is 10.1 Å². The maximum absolute atomic E-state index is 12.3. The topological polar surface area (TPSA) is 67.8 Å². The van der Waals surface area contributed by atoms with Crippen LogP contribution >= 0.6 is 31.9 Å². The number of fused-ring (bicyclic) bond motifs is 1. The molecule has 1 aliphatic rings. The standard InChI is InChI=1S/C16H12Br2N2O3S/c1-2-7-23-15-11(17)8-10(9-12(15)18)16-19-13-5-3-4-6-14(13)24(21,22)20-16/h2-6,8-9H,1,7H2,(H,19,20). The maximum Gasteiger partial charge on any atom is 0.286 e. The van der Waals surface area contributed by atoms with Crippen LogP contribution in [0.4, 0.5) is 5.69 Å². The first-order chi connectivity index (χ1) is 11.4. The number of hydrogen-bond donors (Lipinski definition) is 1. The highest BCUT2D eigenvalue weighted by atomic mass is 79.9. The number of rotatable bonds is 4. The van der Waals surface area contributed by atoms with Crippen LogP contribution in [-0.2, 0) is 10.0 Å². The fraction of sp³-hybridized carbons (Fsp3) is 0.0625. The first-order valence-electron chi connectivity index (χ1n) is 6.86. The Morgan fingerprint density at radius 2 is 1.88 bits per heavy atom. The van der Waals surface area contributed by atoms with Gasteiger partial charge in [-0.2, -0.15) is 8.42 Å². The van der Waals surface area contributed by atoms with E-state index in [1.165, 1.54) is 6.07 Å². The Morgan fingerprint density at radius 3 is 2.54 bits per heavy atom. The van der Waals surface area contributed by atoms with Gasteiger partial charge in [-0.25, -0.2) is 0 Å². The van der Waals surface area contributed by atoms with E-state index in [0.717, 1.165) is 0 Å². The average molecular weight is 472 g/mol. The second-order valence-electron chi connectivity index (χ2n) is 4.90. The highest BCUT2D eigenvalue weighted by Gasteiger charge is 2.25. The van der Waals surface area contributed by atoms with Gasteiger partial charge in [0.15, 0.2) is 5.84 Å². The van der Waals surface area contributed by atoms with E-state index < -0.39 is 10.0 Å². The lowest BCUT2D eigenvalue weighted by Gasteiger charge is -2.19. The lowest BCUT2D eigenvalue weighted by molar-refractivity contribution is 0.358. The number of nitrogens with one attached hydrogen (secondary N) is 1. The van der Waals surface area contributed by atoms with E-state index in [4.69, 9.17) is 4.74 Å². The summed E-state index contributed by atoms with van der Waals surface area (Å²) in [5.41, 5.74) is 1.11. The van der Waals surface area contributed by atoms with Crippen molar-refractivity contribution in [1.82, 2.24) is 0 Å². The Morgan fingerprint density at radius 1 is 1.21 bits per heavy atom. The summed E-state index contributed by atoms with van der Waals surface area (Å²) >= 11 is 6.87. The number of halogens is 2. The van der Waals surface area contributed by atoms with Crippen LogP contribution in [-0.4, -0.2) is 20.9 Å². The van der Waals surface area contributed by atoms with Crippen LogP contribution in [0, 0.1) is 0 Å². The van der Waals surface area contributed by atoms with Crippen molar-refractivity contribution in [1.29, 1.82) is 0 Å². The van der Waals surface area contributed by atoms with Crippen molar-refractivity contribution in [2.75, 3.05) is 11.9 Å². The number of hydrogen-bond acceptors (Lipinski definition) is 4. The third kappa shape index (κ3) is 3.26. The molecule has 5 nitrogen and oxygen atoms in total. The highest BCUT2D eigenvalue weighted by Crippen LogP contribution is 2.36. The molecule has 124 valence electrons. The Balaban J connectivity index is 2.05. The zero-order valence-corrected chi connectivity index (χ0v) is 16.3. The van der Waals surface area contributed by atoms with Gasteiger partial charge >= 0.3 is 0 Å². The summed E-state index contributed by atoms with van der Waals surface area (Å²) in [5.74, 6) is 0.865. The Hall–Kier alpha value is -1.64. The minimum atomic E-state index is -3.74. The number of amidine groups is 1. The van der Waals surface area contributed by atoms with E-state index in [1.54, 1.807) is 36.4 Å². The van der Waals surface area contributed by atoms with E-state index in [1.807, 2.05) is 0 Å². The van der Waals surface area contributed by atoms with Gasteiger partial charge in [0, 0.05) is 5.56 Å². The molecule has 8 heteroatoms. The predicted molar refractivity (Wildman–Crippen MR) is 101 cm³/mol. The summed E-state index contributed by atoms with van der Waals surface area (Å²) in [6.07, 6.45) is 1.64. The van der Waals surface area contributed by atoms with Gasteiger partial charge in [0.1, 0.15) is 17.3 Å². The largest absolute Gasteiger partial charge is 0.487 e. The molecule has 1 heterocycles. The molecule has 0 aromatic heterocycles. The first kappa shape index (κ1) is 17.2. The Bertz CT molecular complexity index is 933. The fourth-order valence-corrected chi connectivity index (χ4v) is 4.77. The maximum atomic E-state index is 12.3. The van der Waals surface area contributed by atoms with E-state index in [-0.39, 0.29) is 10.7 Å². The van der Waals surface area contributed by atoms with Crippen LogP contribution in [0.2, 0.25) is 0 Å². The molecule has 0 amide bonds. The molecule has 0 aliphatic carbocycles. The van der Waals surface area contributed by atoms with Crippen molar-refractivity contribution < 1.29 is 13.2 Å². The molecule has 0 saturated carbocycles. The van der Waals surface area contributed by atoms with Crippen molar-refractivity contribution >= 4 is 53.4 Å². The quantitative estimate of drug-likeness (QED) is 0.673. The summed E-state index contributed by atoms with van der Waals surface area (Å²) in [5, 5.41) is 3.06. The van der Waals surface area contributed by atoms with Crippen LogP contribution in [0.3, 0.4) is 0 Å². The van der Waals surface area contributed by atoms with Crippen LogP contribution in [0.25, 0.3) is 0 Å². The highest BCUT2D eigenvalue weighted by molar-refractivity contribution is 9.11. The summed E-state index contributed by atoms with van der Waals surface area (Å²) in [4.78, 5) is 0.165. The van der Waals surface area contributed by atoms with Crippen molar-refractivity contribution in [3.8, 4) is 5.75 Å². The number of sulfonamides is 1. The lowest BCUT2D eigenvalue weighted by Crippen LogP contribution is -2.22. The van der Waals surface area contributed by atoms with Gasteiger partial charge in [0.2, 0.25) is 0 Å². The minimum absolute atomic E-state index is 0.165. The van der Waals surface area contributed by atoms with Crippen LogP contribution in [0.15, 0.2) is 67.3 Å². The molecule has 1 N–H and O–H groups in total. The normalized spacial score (nSPS) is 15.0. The van der Waals surface area contributed by atoms with Crippen molar-refractivity contribution in [3.05, 3.63) is 63.6 Å². The molecular formula is C16H12Br2N2O3S. The SMILES string of the molecule is C=CCOc1c(Br)cc(C2=NS(=O)(=O)c3ccccc3N2)cc1Br. The molecule has 0 unspecified atom stereocenters. The van der Waals surface area contributed by atoms with Crippen molar-refractivity contribution in [2.24, 2.45) is 4.40 Å². The van der Waals surface area contributed by atoms with Gasteiger partial charge in [0.05, 0.1) is 14.6 Å². The van der Waals surface area contributed by atoms with Gasteiger partial charge in [-0.3, -0.25) is 0 Å². The molecule has 0 saturated heterocycles. The van der Waals surface area contributed by atoms with E-state index in [9.17, 15) is 8.42 Å². The molecule has 3 rings (SSSR count). The predicted octanol–water partition coefficient (Wildman–Crippen LogP) is 4.34. The van der Waals surface area contributed by atoms with Gasteiger partial charge < -0.3 is 10.1 Å². The molecule has 1 aliphatic heterocycles. The molecule has 0 radical (unpaired) electrons. The number of ether oxygens (including phenoxy) is 1. The molecule has 24 heavy (non-hydrogen) atoms. The molecule has 0 bridgehead atoms. The molecule has 2 aromatic rings. The number of para-hydroxylation sites is 1. The number of nitrogens with zero attached hydrogens (tertiary/aromatic N) is 1. The third-order valence-corrected chi connectivity index (χ3v) is 5.76. The molecule has 0 spiro atoms. The Kier molecular flexibility index (Phi) is 4.80. The third-order valence-electron chi connectivity index (χ3n) is 3.25. The van der Waals surface area contributed by atoms with Crippen LogP contribution in [0.5, 0.6) is 5.75 Å². The zero-order chi connectivity index (χ0) is 17.3. The van der Waals surface area contributed by atoms with Crippen molar-refractivity contribution in [2.45, 2.75) is 4.90 Å². The van der Waals surface area contributed by atoms with E-state index in [2.05, 4.69) is 48.2 Å². The second-order valence-corrected chi connectivity index (χ2v) is 8.19.